The van der Waals surface area contributed by atoms with Gasteiger partial charge in [0.25, 0.3) is 11.6 Å². The molecule has 9 heteroatoms. The highest BCUT2D eigenvalue weighted by molar-refractivity contribution is 6.06. The number of aryl methyl sites for hydroxylation is 1. The van der Waals surface area contributed by atoms with Crippen LogP contribution < -0.4 is 5.32 Å². The minimum Gasteiger partial charge on any atom is -0.320 e. The molecule has 0 bridgehead atoms. The van der Waals surface area contributed by atoms with Crippen molar-refractivity contribution >= 4 is 23.4 Å². The van der Waals surface area contributed by atoms with E-state index in [2.05, 4.69) is 0 Å². The summed E-state index contributed by atoms with van der Waals surface area (Å²) in [4.78, 5) is 45.5. The van der Waals surface area contributed by atoms with Gasteiger partial charge in [0.05, 0.1) is 10.5 Å². The number of imide groups is 1. The van der Waals surface area contributed by atoms with Crippen molar-refractivity contribution in [1.82, 2.24) is 10.2 Å². The van der Waals surface area contributed by atoms with Crippen molar-refractivity contribution < 1.29 is 23.7 Å². The highest BCUT2D eigenvalue weighted by Gasteiger charge is 2.30. The van der Waals surface area contributed by atoms with Crippen LogP contribution in [0.1, 0.15) is 15.9 Å². The zero-order valence-electron chi connectivity index (χ0n) is 10.9. The van der Waals surface area contributed by atoms with Crippen molar-refractivity contribution in [1.29, 1.82) is 0 Å². The number of nitrogens with zero attached hydrogens (tertiary/aromatic N) is 2. The zero-order valence-corrected chi connectivity index (χ0v) is 10.9. The highest BCUT2D eigenvalue weighted by atomic mass is 19.1. The van der Waals surface area contributed by atoms with Crippen molar-refractivity contribution in [3.8, 4) is 0 Å². The second kappa shape index (κ2) is 5.27. The van der Waals surface area contributed by atoms with Crippen LogP contribution in [0.15, 0.2) is 12.1 Å². The number of non-ortho nitro benzene ring substituents is 1. The first-order chi connectivity index (χ1) is 9.79. The number of amides is 3. The standard InChI is InChI=1S/C12H10FN3O5/c1-6-2-7(16(20)21)3-8(11(6)13)12(19)15-4-9(17)14-10(18)5-15/h2-3H,4-5H2,1H3,(H,14,17,18). The third-order valence-electron chi connectivity index (χ3n) is 2.92. The maximum atomic E-state index is 14.0. The summed E-state index contributed by atoms with van der Waals surface area (Å²) >= 11 is 0. The van der Waals surface area contributed by atoms with E-state index in [1.54, 1.807) is 0 Å². The Labute approximate surface area is 117 Å². The number of nitro groups is 1. The number of halogens is 1. The van der Waals surface area contributed by atoms with Gasteiger partial charge in [0.15, 0.2) is 0 Å². The summed E-state index contributed by atoms with van der Waals surface area (Å²) in [5, 5.41) is 12.8. The topological polar surface area (TPSA) is 110 Å². The molecular formula is C12H10FN3O5. The van der Waals surface area contributed by atoms with Crippen molar-refractivity contribution in [2.75, 3.05) is 13.1 Å². The molecular weight excluding hydrogens is 285 g/mol. The molecule has 1 N–H and O–H groups in total. The molecule has 1 aromatic rings. The van der Waals surface area contributed by atoms with Gasteiger partial charge in [0.2, 0.25) is 11.8 Å². The van der Waals surface area contributed by atoms with Crippen molar-refractivity contribution in [3.63, 3.8) is 0 Å². The van der Waals surface area contributed by atoms with Crippen molar-refractivity contribution in [3.05, 3.63) is 39.2 Å². The molecule has 0 saturated carbocycles. The van der Waals surface area contributed by atoms with Crippen LogP contribution in [0.25, 0.3) is 0 Å². The molecule has 1 heterocycles. The molecule has 0 atom stereocenters. The molecule has 8 nitrogen and oxygen atoms in total. The first-order valence-corrected chi connectivity index (χ1v) is 5.86. The van der Waals surface area contributed by atoms with Gasteiger partial charge in [0.1, 0.15) is 18.9 Å². The largest absolute Gasteiger partial charge is 0.320 e. The lowest BCUT2D eigenvalue weighted by Gasteiger charge is -2.25. The van der Waals surface area contributed by atoms with E-state index in [4.69, 9.17) is 0 Å². The van der Waals surface area contributed by atoms with E-state index in [-0.39, 0.29) is 5.56 Å². The molecule has 1 saturated heterocycles. The van der Waals surface area contributed by atoms with Gasteiger partial charge in [-0.15, -0.1) is 0 Å². The SMILES string of the molecule is Cc1cc([N+](=O)[O-])cc(C(=O)N2CC(=O)NC(=O)C2)c1F. The summed E-state index contributed by atoms with van der Waals surface area (Å²) in [6.07, 6.45) is 0. The summed E-state index contributed by atoms with van der Waals surface area (Å²) in [7, 11) is 0. The lowest BCUT2D eigenvalue weighted by molar-refractivity contribution is -0.385. The van der Waals surface area contributed by atoms with E-state index in [1.807, 2.05) is 5.32 Å². The van der Waals surface area contributed by atoms with Crippen LogP contribution in [-0.4, -0.2) is 40.6 Å². The van der Waals surface area contributed by atoms with Gasteiger partial charge in [-0.2, -0.15) is 0 Å². The molecule has 2 rings (SSSR count). The smallest absolute Gasteiger partial charge is 0.270 e. The Morgan fingerprint density at radius 1 is 1.33 bits per heavy atom. The molecule has 0 aromatic heterocycles. The average molecular weight is 295 g/mol. The number of nitro benzene ring substituents is 1. The molecule has 1 aliphatic heterocycles. The lowest BCUT2D eigenvalue weighted by Crippen LogP contribution is -2.53. The Morgan fingerprint density at radius 3 is 2.43 bits per heavy atom. The first-order valence-electron chi connectivity index (χ1n) is 5.86. The number of carbonyl (C=O) groups is 3. The lowest BCUT2D eigenvalue weighted by atomic mass is 10.1. The number of rotatable bonds is 2. The fourth-order valence-electron chi connectivity index (χ4n) is 1.96. The molecule has 21 heavy (non-hydrogen) atoms. The molecule has 110 valence electrons. The summed E-state index contributed by atoms with van der Waals surface area (Å²) in [6.45, 7) is 0.463. The van der Waals surface area contributed by atoms with Crippen LogP contribution in [-0.2, 0) is 9.59 Å². The van der Waals surface area contributed by atoms with Crippen molar-refractivity contribution in [2.45, 2.75) is 6.92 Å². The number of hydrogen-bond acceptors (Lipinski definition) is 5. The third kappa shape index (κ3) is 2.86. The summed E-state index contributed by atoms with van der Waals surface area (Å²) in [5.41, 5.74) is -1.05. The van der Waals surface area contributed by atoms with Gasteiger partial charge in [0, 0.05) is 12.1 Å². The van der Waals surface area contributed by atoms with E-state index in [9.17, 15) is 28.9 Å². The van der Waals surface area contributed by atoms with Crippen LogP contribution in [0, 0.1) is 22.9 Å². The molecule has 0 aliphatic carbocycles. The number of carbonyl (C=O) groups excluding carboxylic acids is 3. The molecule has 1 aliphatic rings. The maximum Gasteiger partial charge on any atom is 0.270 e. The van der Waals surface area contributed by atoms with E-state index in [0.29, 0.717) is 0 Å². The Bertz CT molecular complexity index is 657. The number of benzene rings is 1. The number of nitrogens with one attached hydrogen (secondary N) is 1. The second-order valence-electron chi connectivity index (χ2n) is 4.51. The molecule has 3 amide bonds. The van der Waals surface area contributed by atoms with Crippen LogP contribution in [0.2, 0.25) is 0 Å². The predicted molar refractivity (Wildman–Crippen MR) is 66.8 cm³/mol. The number of hydrogen-bond donors (Lipinski definition) is 1. The molecule has 0 radical (unpaired) electrons. The van der Waals surface area contributed by atoms with Crippen LogP contribution in [0.4, 0.5) is 10.1 Å². The molecule has 0 unspecified atom stereocenters. The quantitative estimate of drug-likeness (QED) is 0.474. The second-order valence-corrected chi connectivity index (χ2v) is 4.51. The Balaban J connectivity index is 2.41. The minimum absolute atomic E-state index is 0.0691. The van der Waals surface area contributed by atoms with Gasteiger partial charge >= 0.3 is 0 Å². The Morgan fingerprint density at radius 2 is 1.90 bits per heavy atom. The fraction of sp³-hybridized carbons (Fsp3) is 0.250. The molecule has 1 aromatic carbocycles. The normalized spacial score (nSPS) is 14.9. The molecule has 0 spiro atoms. The summed E-state index contributed by atoms with van der Waals surface area (Å²) in [6, 6.07) is 1.79. The average Bonchev–Trinajstić information content (AvgIpc) is 2.39. The van der Waals surface area contributed by atoms with Gasteiger partial charge < -0.3 is 4.90 Å². The Kier molecular flexibility index (Phi) is 3.66. The van der Waals surface area contributed by atoms with E-state index < -0.39 is 52.8 Å². The first kappa shape index (κ1) is 14.6. The van der Waals surface area contributed by atoms with Crippen LogP contribution in [0.3, 0.4) is 0 Å². The Hall–Kier alpha value is -2.84. The van der Waals surface area contributed by atoms with Gasteiger partial charge in [-0.05, 0) is 12.5 Å². The predicted octanol–water partition coefficient (Wildman–Crippen LogP) is 0.141. The van der Waals surface area contributed by atoms with Gasteiger partial charge in [-0.1, -0.05) is 0 Å². The summed E-state index contributed by atoms with van der Waals surface area (Å²) < 4.78 is 14.0. The van der Waals surface area contributed by atoms with E-state index >= 15 is 0 Å². The van der Waals surface area contributed by atoms with Gasteiger partial charge in [-0.3, -0.25) is 29.8 Å². The maximum absolute atomic E-state index is 14.0. The van der Waals surface area contributed by atoms with Crippen molar-refractivity contribution in [2.24, 2.45) is 0 Å². The summed E-state index contributed by atoms with van der Waals surface area (Å²) in [5.74, 6) is -3.24. The van der Waals surface area contributed by atoms with E-state index in [0.717, 1.165) is 17.0 Å². The monoisotopic (exact) mass is 295 g/mol. The third-order valence-corrected chi connectivity index (χ3v) is 2.92. The van der Waals surface area contributed by atoms with Crippen LogP contribution >= 0.6 is 0 Å². The highest BCUT2D eigenvalue weighted by Crippen LogP contribution is 2.22. The van der Waals surface area contributed by atoms with E-state index in [1.165, 1.54) is 6.92 Å². The zero-order chi connectivity index (χ0) is 15.7. The molecule has 1 fully saturated rings. The fourth-order valence-corrected chi connectivity index (χ4v) is 1.96. The number of piperazine rings is 1. The minimum atomic E-state index is -0.942. The van der Waals surface area contributed by atoms with Crippen LogP contribution in [0.5, 0.6) is 0 Å². The van der Waals surface area contributed by atoms with Gasteiger partial charge in [-0.25, -0.2) is 4.39 Å².